The van der Waals surface area contributed by atoms with Crippen molar-refractivity contribution in [3.63, 3.8) is 0 Å². The van der Waals surface area contributed by atoms with E-state index in [1.54, 1.807) is 6.92 Å². The molecule has 0 spiro atoms. The third kappa shape index (κ3) is 3.08. The highest BCUT2D eigenvalue weighted by atomic mass is 19.1. The monoisotopic (exact) mass is 284 g/mol. The number of likely N-dealkylation sites (tertiary alicyclic amines) is 1. The van der Waals surface area contributed by atoms with Crippen molar-refractivity contribution in [3.05, 3.63) is 11.3 Å². The van der Waals surface area contributed by atoms with Crippen LogP contribution in [0.4, 0.5) is 4.39 Å². The van der Waals surface area contributed by atoms with E-state index >= 15 is 0 Å². The van der Waals surface area contributed by atoms with Crippen molar-refractivity contribution in [2.75, 3.05) is 19.6 Å². The van der Waals surface area contributed by atoms with Crippen LogP contribution in [-0.4, -0.2) is 48.9 Å². The number of hydrogen-bond donors (Lipinski definition) is 1. The van der Waals surface area contributed by atoms with E-state index in [1.165, 1.54) is 0 Å². The van der Waals surface area contributed by atoms with Gasteiger partial charge in [0.05, 0.1) is 11.2 Å². The van der Waals surface area contributed by atoms with Gasteiger partial charge in [-0.05, 0) is 46.6 Å². The molecule has 0 aliphatic carbocycles. The van der Waals surface area contributed by atoms with Crippen LogP contribution in [0.1, 0.15) is 41.0 Å². The highest BCUT2D eigenvalue weighted by Gasteiger charge is 2.53. The largest absolute Gasteiger partial charge is 0.525 e. The summed E-state index contributed by atoms with van der Waals surface area (Å²) in [5, 5.41) is 0. The maximum absolute atomic E-state index is 14.5. The van der Waals surface area contributed by atoms with Gasteiger partial charge in [0, 0.05) is 25.7 Å². The van der Waals surface area contributed by atoms with Crippen molar-refractivity contribution in [1.29, 1.82) is 0 Å². The lowest BCUT2D eigenvalue weighted by molar-refractivity contribution is 0.00578. The summed E-state index contributed by atoms with van der Waals surface area (Å²) >= 11 is 0. The summed E-state index contributed by atoms with van der Waals surface area (Å²) in [7, 11) is -0.892. The summed E-state index contributed by atoms with van der Waals surface area (Å²) < 4.78 is 26.0. The molecule has 20 heavy (non-hydrogen) atoms. The van der Waals surface area contributed by atoms with E-state index < -0.39 is 18.3 Å². The molecule has 114 valence electrons. The van der Waals surface area contributed by atoms with Gasteiger partial charge in [0.25, 0.3) is 0 Å². The first-order valence-electron chi connectivity index (χ1n) is 7.31. The number of nitrogens with two attached hydrogens (primary N) is 1. The minimum Gasteiger partial charge on any atom is -0.398 e. The normalized spacial score (nSPS) is 30.8. The molecule has 0 aromatic rings. The van der Waals surface area contributed by atoms with Crippen LogP contribution in [0.15, 0.2) is 11.3 Å². The number of halogens is 1. The summed E-state index contributed by atoms with van der Waals surface area (Å²) in [4.78, 5) is 2.17. The van der Waals surface area contributed by atoms with Crippen LogP contribution in [-0.2, 0) is 9.31 Å². The third-order valence-corrected chi connectivity index (χ3v) is 4.64. The van der Waals surface area contributed by atoms with Gasteiger partial charge in [-0.2, -0.15) is 0 Å². The lowest BCUT2D eigenvalue weighted by Gasteiger charge is -2.32. The molecule has 2 heterocycles. The number of nitrogens with zero attached hydrogens (tertiary/aromatic N) is 1. The van der Waals surface area contributed by atoms with Crippen LogP contribution in [0.25, 0.3) is 0 Å². The molecule has 0 radical (unpaired) electrons. The number of rotatable bonds is 3. The molecule has 2 N–H and O–H groups in total. The molecule has 2 aliphatic rings. The molecule has 2 fully saturated rings. The fourth-order valence-corrected chi connectivity index (χ4v) is 2.56. The zero-order chi connectivity index (χ0) is 15.1. The van der Waals surface area contributed by atoms with E-state index in [2.05, 4.69) is 4.90 Å². The van der Waals surface area contributed by atoms with Crippen molar-refractivity contribution in [2.24, 2.45) is 5.73 Å². The van der Waals surface area contributed by atoms with Gasteiger partial charge in [-0.25, -0.2) is 4.39 Å². The molecule has 1 unspecified atom stereocenters. The maximum atomic E-state index is 14.5. The molecule has 2 saturated heterocycles. The number of hydrogen-bond acceptors (Lipinski definition) is 4. The van der Waals surface area contributed by atoms with Crippen LogP contribution in [0.5, 0.6) is 0 Å². The molecule has 2 rings (SSSR count). The van der Waals surface area contributed by atoms with Crippen molar-refractivity contribution in [3.8, 4) is 0 Å². The zero-order valence-electron chi connectivity index (χ0n) is 13.2. The van der Waals surface area contributed by atoms with Crippen LogP contribution in [0.3, 0.4) is 0 Å². The molecule has 1 atom stereocenters. The minimum atomic E-state index is -0.892. The average Bonchev–Trinajstić information content (AvgIpc) is 2.80. The Kier molecular flexibility index (Phi) is 4.31. The van der Waals surface area contributed by atoms with Crippen LogP contribution in [0, 0.1) is 0 Å². The summed E-state index contributed by atoms with van der Waals surface area (Å²) in [5.41, 5.74) is 5.21. The van der Waals surface area contributed by atoms with Gasteiger partial charge in [0.2, 0.25) is 0 Å². The molecule has 0 amide bonds. The van der Waals surface area contributed by atoms with E-state index in [9.17, 15) is 4.39 Å². The first-order valence-corrected chi connectivity index (χ1v) is 7.31. The van der Waals surface area contributed by atoms with Crippen molar-refractivity contribution in [1.82, 2.24) is 4.90 Å². The SMILES string of the molecule is CC(CN1CCC(N)C1)=C(F)B1OC(C)(C)C(C)(C)O1. The lowest BCUT2D eigenvalue weighted by atomic mass is 9.85. The van der Waals surface area contributed by atoms with Crippen molar-refractivity contribution in [2.45, 2.75) is 58.3 Å². The molecule has 4 nitrogen and oxygen atoms in total. The second-order valence-corrected chi connectivity index (χ2v) is 7.00. The summed E-state index contributed by atoms with van der Waals surface area (Å²) in [6.45, 7) is 11.8. The van der Waals surface area contributed by atoms with Gasteiger partial charge in [-0.15, -0.1) is 0 Å². The Morgan fingerprint density at radius 1 is 1.30 bits per heavy atom. The van der Waals surface area contributed by atoms with E-state index in [-0.39, 0.29) is 11.8 Å². The molecule has 2 aliphatic heterocycles. The fourth-order valence-electron chi connectivity index (χ4n) is 2.56. The Bertz CT molecular complexity index is 396. The smallest absolute Gasteiger partial charge is 0.398 e. The first-order chi connectivity index (χ1) is 9.12. The Balaban J connectivity index is 2.03. The van der Waals surface area contributed by atoms with E-state index in [4.69, 9.17) is 15.0 Å². The Morgan fingerprint density at radius 2 is 1.85 bits per heavy atom. The maximum Gasteiger partial charge on any atom is 0.525 e. The van der Waals surface area contributed by atoms with Gasteiger partial charge in [0.15, 0.2) is 0 Å². The van der Waals surface area contributed by atoms with E-state index in [0.717, 1.165) is 19.5 Å². The second-order valence-electron chi connectivity index (χ2n) is 7.00. The van der Waals surface area contributed by atoms with Gasteiger partial charge < -0.3 is 15.0 Å². The minimum absolute atomic E-state index is 0.211. The fraction of sp³-hybridized carbons (Fsp3) is 0.857. The second kappa shape index (κ2) is 5.41. The molecular formula is C14H26BFN2O2. The van der Waals surface area contributed by atoms with Gasteiger partial charge in [-0.3, -0.25) is 4.90 Å². The van der Waals surface area contributed by atoms with Gasteiger partial charge >= 0.3 is 7.12 Å². The topological polar surface area (TPSA) is 47.7 Å². The Hall–Kier alpha value is -0.425. The van der Waals surface area contributed by atoms with Gasteiger partial charge in [0.1, 0.15) is 5.73 Å². The summed E-state index contributed by atoms with van der Waals surface area (Å²) in [6, 6.07) is 0.211. The lowest BCUT2D eigenvalue weighted by Crippen LogP contribution is -2.41. The molecule has 0 bridgehead atoms. The van der Waals surface area contributed by atoms with Crippen molar-refractivity contribution < 1.29 is 13.7 Å². The quantitative estimate of drug-likeness (QED) is 0.804. The van der Waals surface area contributed by atoms with Crippen LogP contribution >= 0.6 is 0 Å². The zero-order valence-corrected chi connectivity index (χ0v) is 13.2. The Morgan fingerprint density at radius 3 is 2.30 bits per heavy atom. The molecule has 0 saturated carbocycles. The summed E-state index contributed by atoms with van der Waals surface area (Å²) in [6.07, 6.45) is 0.978. The van der Waals surface area contributed by atoms with Crippen molar-refractivity contribution >= 4 is 7.12 Å². The van der Waals surface area contributed by atoms with Gasteiger partial charge in [-0.1, -0.05) is 0 Å². The van der Waals surface area contributed by atoms with Crippen LogP contribution < -0.4 is 5.73 Å². The van der Waals surface area contributed by atoms with E-state index in [0.29, 0.717) is 12.1 Å². The predicted molar refractivity (Wildman–Crippen MR) is 78.9 cm³/mol. The first kappa shape index (κ1) is 16.0. The average molecular weight is 284 g/mol. The highest BCUT2D eigenvalue weighted by molar-refractivity contribution is 6.53. The highest BCUT2D eigenvalue weighted by Crippen LogP contribution is 2.39. The standard InChI is InChI=1S/C14H26BFN2O2/c1-10(8-18-7-6-11(17)9-18)12(16)15-19-13(2,3)14(4,5)20-15/h11H,6-9,17H2,1-5H3. The molecule has 0 aromatic carbocycles. The molecule has 6 heteroatoms. The van der Waals surface area contributed by atoms with Crippen LogP contribution in [0.2, 0.25) is 0 Å². The molecule has 0 aromatic heterocycles. The van der Waals surface area contributed by atoms with E-state index in [1.807, 2.05) is 27.7 Å². The Labute approximate surface area is 121 Å². The third-order valence-electron chi connectivity index (χ3n) is 4.64. The molecular weight excluding hydrogens is 258 g/mol. The predicted octanol–water partition coefficient (Wildman–Crippen LogP) is 1.89. The summed E-state index contributed by atoms with van der Waals surface area (Å²) in [5.74, 6) is 0.